The zero-order valence-corrected chi connectivity index (χ0v) is 7.79. The molecule has 2 heteroatoms. The van der Waals surface area contributed by atoms with Crippen LogP contribution >= 0.6 is 0 Å². The normalized spacial score (nSPS) is 16.7. The van der Waals surface area contributed by atoms with Crippen molar-refractivity contribution in [2.75, 3.05) is 0 Å². The first-order valence-electron chi connectivity index (χ1n) is 4.76. The minimum absolute atomic E-state index is 0.592. The summed E-state index contributed by atoms with van der Waals surface area (Å²) in [7, 11) is 0. The Kier molecular flexibility index (Phi) is 2.13. The van der Waals surface area contributed by atoms with E-state index in [9.17, 15) is 4.91 Å². The summed E-state index contributed by atoms with van der Waals surface area (Å²) in [6.45, 7) is 2.06. The molecular weight excluding hydrogens is 162 g/mol. The van der Waals surface area contributed by atoms with Crippen LogP contribution in [0.4, 0.5) is 5.69 Å². The van der Waals surface area contributed by atoms with Gasteiger partial charge in [-0.05, 0) is 48.1 Å². The van der Waals surface area contributed by atoms with Gasteiger partial charge in [0.1, 0.15) is 5.69 Å². The Bertz CT molecular complexity index is 329. The van der Waals surface area contributed by atoms with Crippen molar-refractivity contribution < 1.29 is 0 Å². The van der Waals surface area contributed by atoms with Crippen molar-refractivity contribution in [3.8, 4) is 0 Å². The number of nitroso groups, excluding NO2 is 1. The van der Waals surface area contributed by atoms with E-state index in [1.54, 1.807) is 0 Å². The van der Waals surface area contributed by atoms with Gasteiger partial charge >= 0.3 is 0 Å². The highest BCUT2D eigenvalue weighted by Crippen LogP contribution is 2.42. The second-order valence-electron chi connectivity index (χ2n) is 3.73. The fraction of sp³-hybridized carbons (Fsp3) is 0.455. The van der Waals surface area contributed by atoms with Gasteiger partial charge in [-0.1, -0.05) is 18.6 Å². The molecule has 0 saturated heterocycles. The summed E-state index contributed by atoms with van der Waals surface area (Å²) >= 11 is 0. The van der Waals surface area contributed by atoms with Gasteiger partial charge < -0.3 is 0 Å². The van der Waals surface area contributed by atoms with E-state index in [0.717, 1.165) is 0 Å². The van der Waals surface area contributed by atoms with Gasteiger partial charge in [0, 0.05) is 0 Å². The van der Waals surface area contributed by atoms with Crippen LogP contribution in [0.3, 0.4) is 0 Å². The molecule has 0 aliphatic heterocycles. The summed E-state index contributed by atoms with van der Waals surface area (Å²) in [5, 5.41) is 3.08. The van der Waals surface area contributed by atoms with Gasteiger partial charge in [-0.2, -0.15) is 0 Å². The first kappa shape index (κ1) is 8.42. The summed E-state index contributed by atoms with van der Waals surface area (Å²) in [4.78, 5) is 10.6. The highest BCUT2D eigenvalue weighted by molar-refractivity contribution is 5.52. The van der Waals surface area contributed by atoms with Gasteiger partial charge in [0.05, 0.1) is 0 Å². The van der Waals surface area contributed by atoms with E-state index < -0.39 is 0 Å². The van der Waals surface area contributed by atoms with Crippen molar-refractivity contribution in [3.05, 3.63) is 34.2 Å². The zero-order valence-electron chi connectivity index (χ0n) is 7.79. The summed E-state index contributed by atoms with van der Waals surface area (Å²) in [5.41, 5.74) is 3.04. The van der Waals surface area contributed by atoms with Crippen molar-refractivity contribution in [2.45, 2.75) is 32.1 Å². The lowest BCUT2D eigenvalue weighted by Crippen LogP contribution is -2.10. The maximum atomic E-state index is 10.6. The molecule has 68 valence electrons. The molecule has 0 amide bonds. The van der Waals surface area contributed by atoms with Crippen molar-refractivity contribution >= 4 is 5.69 Å². The van der Waals surface area contributed by atoms with Gasteiger partial charge in [-0.3, -0.25) is 0 Å². The van der Waals surface area contributed by atoms with Crippen molar-refractivity contribution in [1.82, 2.24) is 0 Å². The Labute approximate surface area is 77.9 Å². The monoisotopic (exact) mass is 175 g/mol. The van der Waals surface area contributed by atoms with Crippen molar-refractivity contribution in [1.29, 1.82) is 0 Å². The molecule has 2 nitrogen and oxygen atoms in total. The maximum Gasteiger partial charge on any atom is 0.111 e. The molecule has 1 saturated carbocycles. The SMILES string of the molecule is Cc1cccc(N=O)c1C1CCC1. The number of aryl methyl sites for hydroxylation is 1. The number of hydrogen-bond acceptors (Lipinski definition) is 2. The minimum Gasteiger partial charge on any atom is -0.145 e. The summed E-state index contributed by atoms with van der Waals surface area (Å²) in [6.07, 6.45) is 3.72. The zero-order chi connectivity index (χ0) is 9.26. The fourth-order valence-corrected chi connectivity index (χ4v) is 1.97. The van der Waals surface area contributed by atoms with E-state index in [1.807, 2.05) is 12.1 Å². The van der Waals surface area contributed by atoms with Crippen LogP contribution in [-0.2, 0) is 0 Å². The molecule has 1 aliphatic rings. The number of nitrogens with zero attached hydrogens (tertiary/aromatic N) is 1. The van der Waals surface area contributed by atoms with Gasteiger partial charge in [0.25, 0.3) is 0 Å². The van der Waals surface area contributed by atoms with Gasteiger partial charge in [0.15, 0.2) is 0 Å². The van der Waals surface area contributed by atoms with E-state index in [2.05, 4.69) is 18.2 Å². The minimum atomic E-state index is 0.592. The van der Waals surface area contributed by atoms with Crippen LogP contribution in [0, 0.1) is 11.8 Å². The van der Waals surface area contributed by atoms with E-state index in [4.69, 9.17) is 0 Å². The first-order chi connectivity index (χ1) is 6.33. The van der Waals surface area contributed by atoms with E-state index in [-0.39, 0.29) is 0 Å². The highest BCUT2D eigenvalue weighted by atomic mass is 16.3. The average molecular weight is 175 g/mol. The molecule has 0 unspecified atom stereocenters. The predicted molar refractivity (Wildman–Crippen MR) is 53.2 cm³/mol. The van der Waals surface area contributed by atoms with Crippen LogP contribution in [-0.4, -0.2) is 0 Å². The van der Waals surface area contributed by atoms with Gasteiger partial charge in [-0.25, -0.2) is 0 Å². The van der Waals surface area contributed by atoms with Gasteiger partial charge in [-0.15, -0.1) is 4.91 Å². The lowest BCUT2D eigenvalue weighted by atomic mass is 9.78. The molecule has 1 aromatic rings. The van der Waals surface area contributed by atoms with E-state index in [0.29, 0.717) is 11.6 Å². The lowest BCUT2D eigenvalue weighted by molar-refractivity contribution is 0.419. The molecule has 0 atom stereocenters. The Hall–Kier alpha value is -1.18. The smallest absolute Gasteiger partial charge is 0.111 e. The lowest BCUT2D eigenvalue weighted by Gasteiger charge is -2.27. The van der Waals surface area contributed by atoms with E-state index in [1.165, 1.54) is 30.4 Å². The summed E-state index contributed by atoms with van der Waals surface area (Å²) < 4.78 is 0. The summed E-state index contributed by atoms with van der Waals surface area (Å²) in [5.74, 6) is 0.592. The largest absolute Gasteiger partial charge is 0.145 e. The molecular formula is C11H13NO. The molecule has 0 spiro atoms. The van der Waals surface area contributed by atoms with Crippen molar-refractivity contribution in [3.63, 3.8) is 0 Å². The predicted octanol–water partition coefficient (Wildman–Crippen LogP) is 3.66. The van der Waals surface area contributed by atoms with Crippen LogP contribution in [0.1, 0.15) is 36.3 Å². The number of benzene rings is 1. The van der Waals surface area contributed by atoms with Crippen LogP contribution in [0.15, 0.2) is 23.4 Å². The van der Waals surface area contributed by atoms with Crippen LogP contribution in [0.2, 0.25) is 0 Å². The number of rotatable bonds is 2. The van der Waals surface area contributed by atoms with Crippen molar-refractivity contribution in [2.24, 2.45) is 5.18 Å². The topological polar surface area (TPSA) is 29.4 Å². The highest BCUT2D eigenvalue weighted by Gasteiger charge is 2.23. The molecule has 0 bridgehead atoms. The third-order valence-electron chi connectivity index (χ3n) is 2.91. The molecule has 0 heterocycles. The average Bonchev–Trinajstić information content (AvgIpc) is 2.05. The molecule has 1 aliphatic carbocycles. The van der Waals surface area contributed by atoms with Crippen LogP contribution in [0.25, 0.3) is 0 Å². The molecule has 0 N–H and O–H groups in total. The molecule has 2 rings (SSSR count). The first-order valence-corrected chi connectivity index (χ1v) is 4.76. The molecule has 13 heavy (non-hydrogen) atoms. The molecule has 0 radical (unpaired) electrons. The third-order valence-corrected chi connectivity index (χ3v) is 2.91. The number of hydrogen-bond donors (Lipinski definition) is 0. The van der Waals surface area contributed by atoms with Crippen LogP contribution < -0.4 is 0 Å². The molecule has 0 aromatic heterocycles. The Morgan fingerprint density at radius 1 is 1.38 bits per heavy atom. The quantitative estimate of drug-likeness (QED) is 0.630. The summed E-state index contributed by atoms with van der Waals surface area (Å²) in [6, 6.07) is 5.77. The Morgan fingerprint density at radius 3 is 2.69 bits per heavy atom. The fourth-order valence-electron chi connectivity index (χ4n) is 1.97. The van der Waals surface area contributed by atoms with Gasteiger partial charge in [0.2, 0.25) is 0 Å². The molecule has 1 fully saturated rings. The second kappa shape index (κ2) is 3.29. The standard InChI is InChI=1S/C11H13NO/c1-8-4-2-7-10(12-13)11(8)9-5-3-6-9/h2,4,7,9H,3,5-6H2,1H3. The Balaban J connectivity index is 2.44. The maximum absolute atomic E-state index is 10.6. The van der Waals surface area contributed by atoms with E-state index >= 15 is 0 Å². The second-order valence-corrected chi connectivity index (χ2v) is 3.73. The Morgan fingerprint density at radius 2 is 2.15 bits per heavy atom. The molecule has 1 aromatic carbocycles. The van der Waals surface area contributed by atoms with Crippen LogP contribution in [0.5, 0.6) is 0 Å². The third kappa shape index (κ3) is 1.37.